The fourth-order valence-electron chi connectivity index (χ4n) is 1.99. The molecule has 0 radical (unpaired) electrons. The van der Waals surface area contributed by atoms with E-state index in [1.54, 1.807) is 31.2 Å². The lowest BCUT2D eigenvalue weighted by Gasteiger charge is -2.15. The molecule has 1 amide bonds. The van der Waals surface area contributed by atoms with E-state index >= 15 is 0 Å². The largest absolute Gasteiger partial charge is 0.349 e. The zero-order chi connectivity index (χ0) is 15.4. The van der Waals surface area contributed by atoms with Gasteiger partial charge in [0, 0.05) is 21.6 Å². The number of rotatable bonds is 4. The number of carbonyl (C=O) groups is 1. The number of halogens is 3. The fraction of sp³-hybridized carbons (Fsp3) is 0.188. The van der Waals surface area contributed by atoms with E-state index < -0.39 is 11.6 Å². The van der Waals surface area contributed by atoms with Gasteiger partial charge in [0.15, 0.2) is 0 Å². The van der Waals surface area contributed by atoms with Gasteiger partial charge in [0.2, 0.25) is 0 Å². The van der Waals surface area contributed by atoms with E-state index in [0.717, 1.165) is 4.47 Å². The van der Waals surface area contributed by atoms with Crippen molar-refractivity contribution in [2.24, 2.45) is 0 Å². The Kier molecular flexibility index (Phi) is 5.07. The van der Waals surface area contributed by atoms with E-state index in [9.17, 15) is 13.6 Å². The molecule has 2 rings (SSSR count). The first-order valence-electron chi connectivity index (χ1n) is 6.46. The van der Waals surface area contributed by atoms with Gasteiger partial charge in [-0.15, -0.1) is 0 Å². The molecule has 0 unspecified atom stereocenters. The van der Waals surface area contributed by atoms with Crippen molar-refractivity contribution in [1.82, 2.24) is 5.32 Å². The number of amides is 1. The second-order valence-corrected chi connectivity index (χ2v) is 5.70. The van der Waals surface area contributed by atoms with Crippen molar-refractivity contribution in [1.29, 1.82) is 0 Å². The molecule has 5 heteroatoms. The van der Waals surface area contributed by atoms with Crippen LogP contribution in [0, 0.1) is 11.6 Å². The average Bonchev–Trinajstić information content (AvgIpc) is 2.43. The van der Waals surface area contributed by atoms with Crippen LogP contribution in [-0.4, -0.2) is 11.9 Å². The molecule has 0 spiro atoms. The summed E-state index contributed by atoms with van der Waals surface area (Å²) in [5.41, 5.74) is 0.486. The van der Waals surface area contributed by atoms with Crippen molar-refractivity contribution in [3.63, 3.8) is 0 Å². The monoisotopic (exact) mass is 353 g/mol. The lowest BCUT2D eigenvalue weighted by molar-refractivity contribution is 0.0939. The third-order valence-corrected chi connectivity index (χ3v) is 3.58. The highest BCUT2D eigenvalue weighted by Gasteiger charge is 2.15. The summed E-state index contributed by atoms with van der Waals surface area (Å²) in [6.45, 7) is 1.71. The Balaban J connectivity index is 2.03. The van der Waals surface area contributed by atoms with Crippen LogP contribution in [0.1, 0.15) is 22.8 Å². The molecule has 0 aliphatic carbocycles. The molecule has 0 aliphatic heterocycles. The maximum atomic E-state index is 13.6. The summed E-state index contributed by atoms with van der Waals surface area (Å²) in [6.07, 6.45) is 0.0980. The Morgan fingerprint density at radius 3 is 2.29 bits per heavy atom. The van der Waals surface area contributed by atoms with E-state index in [1.165, 1.54) is 18.2 Å². The summed E-state index contributed by atoms with van der Waals surface area (Å²) >= 11 is 3.29. The molecule has 2 nitrogen and oxygen atoms in total. The highest BCUT2D eigenvalue weighted by molar-refractivity contribution is 9.10. The highest BCUT2D eigenvalue weighted by atomic mass is 79.9. The van der Waals surface area contributed by atoms with Crippen LogP contribution < -0.4 is 5.32 Å². The zero-order valence-corrected chi connectivity index (χ0v) is 13.0. The predicted molar refractivity (Wildman–Crippen MR) is 81.1 cm³/mol. The molecular formula is C16H14BrF2NO. The molecule has 1 N–H and O–H groups in total. The van der Waals surface area contributed by atoms with Gasteiger partial charge >= 0.3 is 0 Å². The Morgan fingerprint density at radius 2 is 1.71 bits per heavy atom. The lowest BCUT2D eigenvalue weighted by atomic mass is 10.1. The van der Waals surface area contributed by atoms with Crippen LogP contribution in [0.25, 0.3) is 0 Å². The molecule has 0 saturated heterocycles. The highest BCUT2D eigenvalue weighted by Crippen LogP contribution is 2.15. The van der Waals surface area contributed by atoms with Crippen molar-refractivity contribution in [2.45, 2.75) is 19.4 Å². The first kappa shape index (κ1) is 15.6. The average molecular weight is 354 g/mol. The third-order valence-electron chi connectivity index (χ3n) is 3.06. The Bertz CT molecular complexity index is 623. The van der Waals surface area contributed by atoms with Crippen molar-refractivity contribution >= 4 is 21.8 Å². The minimum atomic E-state index is -0.597. The van der Waals surface area contributed by atoms with E-state index in [4.69, 9.17) is 0 Å². The number of hydrogen-bond acceptors (Lipinski definition) is 1. The van der Waals surface area contributed by atoms with Crippen molar-refractivity contribution in [3.05, 3.63) is 69.7 Å². The molecule has 0 aromatic heterocycles. The fourth-order valence-corrected chi connectivity index (χ4v) is 2.26. The maximum Gasteiger partial charge on any atom is 0.251 e. The maximum absolute atomic E-state index is 13.6. The Labute approximate surface area is 130 Å². The number of hydrogen-bond donors (Lipinski definition) is 1. The minimum absolute atomic E-state index is 0.0129. The van der Waals surface area contributed by atoms with Crippen LogP contribution in [0.3, 0.4) is 0 Å². The lowest BCUT2D eigenvalue weighted by Crippen LogP contribution is -2.34. The SMILES string of the molecule is C[C@H](Cc1c(F)cccc1F)NC(=O)c1ccc(Br)cc1. The molecule has 2 aromatic carbocycles. The van der Waals surface area contributed by atoms with Crippen LogP contribution in [-0.2, 0) is 6.42 Å². The summed E-state index contributed by atoms with van der Waals surface area (Å²) in [4.78, 5) is 12.0. The van der Waals surface area contributed by atoms with Gasteiger partial charge in [-0.25, -0.2) is 8.78 Å². The zero-order valence-electron chi connectivity index (χ0n) is 11.4. The normalized spacial score (nSPS) is 12.0. The van der Waals surface area contributed by atoms with E-state index in [0.29, 0.717) is 5.56 Å². The van der Waals surface area contributed by atoms with Gasteiger partial charge in [-0.1, -0.05) is 22.0 Å². The van der Waals surface area contributed by atoms with Gasteiger partial charge in [-0.05, 0) is 49.7 Å². The number of carbonyl (C=O) groups excluding carboxylic acids is 1. The van der Waals surface area contributed by atoms with E-state index in [1.807, 2.05) is 0 Å². The molecule has 0 saturated carbocycles. The second kappa shape index (κ2) is 6.80. The molecule has 0 fully saturated rings. The Morgan fingerprint density at radius 1 is 1.14 bits per heavy atom. The van der Waals surface area contributed by atoms with Crippen LogP contribution in [0.2, 0.25) is 0 Å². The molecule has 0 heterocycles. The van der Waals surface area contributed by atoms with Crippen molar-refractivity contribution in [2.75, 3.05) is 0 Å². The third kappa shape index (κ3) is 4.11. The van der Waals surface area contributed by atoms with Gasteiger partial charge in [-0.3, -0.25) is 4.79 Å². The minimum Gasteiger partial charge on any atom is -0.349 e. The molecule has 2 aromatic rings. The van der Waals surface area contributed by atoms with Crippen molar-refractivity contribution in [3.8, 4) is 0 Å². The van der Waals surface area contributed by atoms with Gasteiger partial charge in [0.05, 0.1) is 0 Å². The first-order chi connectivity index (χ1) is 9.97. The van der Waals surface area contributed by atoms with Gasteiger partial charge in [0.25, 0.3) is 5.91 Å². The molecular weight excluding hydrogens is 340 g/mol. The quantitative estimate of drug-likeness (QED) is 0.881. The van der Waals surface area contributed by atoms with Crippen molar-refractivity contribution < 1.29 is 13.6 Å². The summed E-state index contributed by atoms with van der Waals surface area (Å²) in [5.74, 6) is -1.47. The van der Waals surface area contributed by atoms with Gasteiger partial charge in [0.1, 0.15) is 11.6 Å². The second-order valence-electron chi connectivity index (χ2n) is 4.79. The topological polar surface area (TPSA) is 29.1 Å². The van der Waals surface area contributed by atoms with Crippen LogP contribution in [0.5, 0.6) is 0 Å². The summed E-state index contributed by atoms with van der Waals surface area (Å²) in [7, 11) is 0. The standard InChI is InChI=1S/C16H14BrF2NO/c1-10(9-13-14(18)3-2-4-15(13)19)20-16(21)11-5-7-12(17)8-6-11/h2-8,10H,9H2,1H3,(H,20,21)/t10-/m1/s1. The van der Waals surface area contributed by atoms with E-state index in [2.05, 4.69) is 21.2 Å². The van der Waals surface area contributed by atoms with E-state index in [-0.39, 0.29) is 23.9 Å². The smallest absolute Gasteiger partial charge is 0.251 e. The van der Waals surface area contributed by atoms with Gasteiger partial charge < -0.3 is 5.32 Å². The molecule has 1 atom stereocenters. The molecule has 0 bridgehead atoms. The van der Waals surface area contributed by atoms with Crippen LogP contribution in [0.4, 0.5) is 8.78 Å². The first-order valence-corrected chi connectivity index (χ1v) is 7.26. The molecule has 0 aliphatic rings. The number of nitrogens with one attached hydrogen (secondary N) is 1. The Hall–Kier alpha value is -1.75. The number of benzene rings is 2. The predicted octanol–water partition coefficient (Wildman–Crippen LogP) is 4.09. The van der Waals surface area contributed by atoms with Gasteiger partial charge in [-0.2, -0.15) is 0 Å². The van der Waals surface area contributed by atoms with Crippen LogP contribution >= 0.6 is 15.9 Å². The summed E-state index contributed by atoms with van der Waals surface area (Å²) in [5, 5.41) is 2.73. The van der Waals surface area contributed by atoms with Crippen LogP contribution in [0.15, 0.2) is 46.9 Å². The summed E-state index contributed by atoms with van der Waals surface area (Å²) < 4.78 is 28.0. The molecule has 21 heavy (non-hydrogen) atoms. The summed E-state index contributed by atoms with van der Waals surface area (Å²) in [6, 6.07) is 10.2. The molecule has 110 valence electrons.